The molecule has 0 bridgehead atoms. The Labute approximate surface area is 326 Å². The van der Waals surface area contributed by atoms with Gasteiger partial charge in [-0.25, -0.2) is 0 Å². The minimum Gasteiger partial charge on any atom is -0.332 e. The largest absolute Gasteiger partial charge is 0.332 e. The summed E-state index contributed by atoms with van der Waals surface area (Å²) in [4.78, 5) is 34.8. The summed E-state index contributed by atoms with van der Waals surface area (Å²) in [6.45, 7) is 8.90. The molecule has 0 aliphatic rings. The van der Waals surface area contributed by atoms with Gasteiger partial charge in [0.2, 0.25) is 11.8 Å². The third kappa shape index (κ3) is 35.4. The van der Waals surface area contributed by atoms with Crippen LogP contribution in [0.4, 0.5) is 0 Å². The van der Waals surface area contributed by atoms with Gasteiger partial charge in [0.05, 0.1) is 13.1 Å². The molecule has 0 aliphatic carbocycles. The van der Waals surface area contributed by atoms with Gasteiger partial charge in [-0.05, 0) is 67.0 Å². The highest BCUT2D eigenvalue weighted by Gasteiger charge is 2.14. The fourth-order valence-electron chi connectivity index (χ4n) is 6.95. The van der Waals surface area contributed by atoms with E-state index in [9.17, 15) is 9.59 Å². The Kier molecular flexibility index (Phi) is 37.9. The second kappa shape index (κ2) is 39.1. The number of hydrogen-bond acceptors (Lipinski definition) is 4. The summed E-state index contributed by atoms with van der Waals surface area (Å²) < 4.78 is 0. The van der Waals surface area contributed by atoms with Crippen molar-refractivity contribution < 1.29 is 9.59 Å². The molecule has 52 heavy (non-hydrogen) atoms. The van der Waals surface area contributed by atoms with E-state index in [1.807, 2.05) is 9.80 Å². The summed E-state index contributed by atoms with van der Waals surface area (Å²) in [6, 6.07) is 0. The van der Waals surface area contributed by atoms with E-state index >= 15 is 0 Å². The highest BCUT2D eigenvalue weighted by Crippen LogP contribution is 2.15. The van der Waals surface area contributed by atoms with Crippen LogP contribution >= 0.6 is 0 Å². The minimum absolute atomic E-state index is 0.234. The zero-order chi connectivity index (χ0) is 38.3. The molecule has 0 aromatic carbocycles. The summed E-state index contributed by atoms with van der Waals surface area (Å²) in [5.74, 6) is 7.05. The summed E-state index contributed by atoms with van der Waals surface area (Å²) in [5.41, 5.74) is 0. The fraction of sp³-hybridized carbons (Fsp3) is 0.913. The van der Waals surface area contributed by atoms with Crippen molar-refractivity contribution >= 4 is 11.8 Å². The lowest BCUT2D eigenvalue weighted by atomic mass is 10.0. The van der Waals surface area contributed by atoms with E-state index < -0.39 is 0 Å². The normalized spacial score (nSPS) is 11.3. The average Bonchev–Trinajstić information content (AvgIpc) is 3.11. The van der Waals surface area contributed by atoms with E-state index in [4.69, 9.17) is 0 Å². The maximum atomic E-state index is 13.2. The van der Waals surface area contributed by atoms with Gasteiger partial charge in [-0.15, -0.1) is 0 Å². The molecule has 0 atom stereocenters. The van der Waals surface area contributed by atoms with Gasteiger partial charge < -0.3 is 19.6 Å². The average molecular weight is 731 g/mol. The van der Waals surface area contributed by atoms with Crippen LogP contribution in [0.1, 0.15) is 206 Å². The van der Waals surface area contributed by atoms with E-state index in [1.165, 1.54) is 141 Å². The van der Waals surface area contributed by atoms with E-state index in [1.54, 1.807) is 0 Å². The molecule has 0 radical (unpaired) electrons. The summed E-state index contributed by atoms with van der Waals surface area (Å²) in [7, 11) is 8.33. The summed E-state index contributed by atoms with van der Waals surface area (Å²) in [6.07, 6.45) is 37.3. The smallest absolute Gasteiger partial charge is 0.223 e. The van der Waals surface area contributed by atoms with E-state index in [0.717, 1.165) is 64.7 Å². The van der Waals surface area contributed by atoms with Crippen LogP contribution in [0.15, 0.2) is 0 Å². The maximum Gasteiger partial charge on any atom is 0.223 e. The van der Waals surface area contributed by atoms with E-state index in [2.05, 4.69) is 63.7 Å². The highest BCUT2D eigenvalue weighted by atomic mass is 16.2. The minimum atomic E-state index is 0.234. The summed E-state index contributed by atoms with van der Waals surface area (Å²) in [5, 5.41) is 0. The standard InChI is InChI=1S/C46H90N4O2/c1-7-9-11-13-15-17-19-21-23-25-27-29-31-37-45(51)49(43-35-39-47(3)4)41-33-34-42-50(44-36-40-48(5)6)46(52)38-32-30-28-26-24-22-20-18-16-14-12-10-8-2/h7-32,35-44H2,1-6H3. The monoisotopic (exact) mass is 731 g/mol. The van der Waals surface area contributed by atoms with Gasteiger partial charge in [0, 0.05) is 25.9 Å². The second-order valence-corrected chi connectivity index (χ2v) is 16.3. The van der Waals surface area contributed by atoms with Crippen LogP contribution in [0.2, 0.25) is 0 Å². The predicted octanol–water partition coefficient (Wildman–Crippen LogP) is 11.5. The molecule has 0 fully saturated rings. The third-order valence-electron chi connectivity index (χ3n) is 10.4. The molecule has 2 amide bonds. The van der Waals surface area contributed by atoms with E-state index in [0.29, 0.717) is 25.9 Å². The van der Waals surface area contributed by atoms with Crippen molar-refractivity contribution in [2.75, 3.05) is 67.5 Å². The van der Waals surface area contributed by atoms with E-state index in [-0.39, 0.29) is 11.8 Å². The zero-order valence-electron chi connectivity index (χ0n) is 36.1. The van der Waals surface area contributed by atoms with Crippen molar-refractivity contribution in [3.63, 3.8) is 0 Å². The molecule has 0 saturated carbocycles. The number of rotatable bonds is 38. The molecular weight excluding hydrogens is 641 g/mol. The molecule has 0 unspecified atom stereocenters. The van der Waals surface area contributed by atoms with Gasteiger partial charge in [-0.2, -0.15) is 0 Å². The SMILES string of the molecule is CCCCCCCCCCCCCCCC(=O)N(CC#CCN(CCCN(C)C)C(=O)CCCCCCCCCCCCCCC)CCCN(C)C. The summed E-state index contributed by atoms with van der Waals surface area (Å²) >= 11 is 0. The molecule has 0 saturated heterocycles. The number of hydrogen-bond donors (Lipinski definition) is 0. The van der Waals surface area contributed by atoms with Gasteiger partial charge in [0.15, 0.2) is 0 Å². The lowest BCUT2D eigenvalue weighted by molar-refractivity contribution is -0.131. The first-order valence-corrected chi connectivity index (χ1v) is 22.6. The molecule has 0 N–H and O–H groups in total. The first-order valence-electron chi connectivity index (χ1n) is 22.6. The quantitative estimate of drug-likeness (QED) is 0.0469. The van der Waals surface area contributed by atoms with Crippen molar-refractivity contribution in [3.8, 4) is 11.8 Å². The molecular formula is C46H90N4O2. The predicted molar refractivity (Wildman–Crippen MR) is 228 cm³/mol. The molecule has 0 aliphatic heterocycles. The van der Waals surface area contributed by atoms with Crippen molar-refractivity contribution in [3.05, 3.63) is 0 Å². The number of carbonyl (C=O) groups excluding carboxylic acids is 2. The van der Waals surface area contributed by atoms with Crippen molar-refractivity contribution in [2.45, 2.75) is 206 Å². The van der Waals surface area contributed by atoms with Crippen molar-refractivity contribution in [1.29, 1.82) is 0 Å². The Balaban J connectivity index is 4.57. The Morgan fingerprint density at radius 1 is 0.346 bits per heavy atom. The molecule has 0 rings (SSSR count). The Morgan fingerprint density at radius 3 is 0.846 bits per heavy atom. The molecule has 0 spiro atoms. The van der Waals surface area contributed by atoms with Gasteiger partial charge >= 0.3 is 0 Å². The van der Waals surface area contributed by atoms with Crippen LogP contribution in [-0.2, 0) is 9.59 Å². The first kappa shape index (κ1) is 50.4. The zero-order valence-corrected chi connectivity index (χ0v) is 36.1. The first-order chi connectivity index (χ1) is 25.3. The van der Waals surface area contributed by atoms with Crippen LogP contribution in [-0.4, -0.2) is 98.9 Å². The second-order valence-electron chi connectivity index (χ2n) is 16.3. The Hall–Kier alpha value is -1.58. The lowest BCUT2D eigenvalue weighted by Crippen LogP contribution is -2.35. The number of unbranched alkanes of at least 4 members (excludes halogenated alkanes) is 24. The molecule has 6 nitrogen and oxygen atoms in total. The van der Waals surface area contributed by atoms with Gasteiger partial charge in [0.1, 0.15) is 0 Å². The van der Waals surface area contributed by atoms with Gasteiger partial charge in [-0.1, -0.05) is 180 Å². The Morgan fingerprint density at radius 2 is 0.596 bits per heavy atom. The van der Waals surface area contributed by atoms with Crippen molar-refractivity contribution in [1.82, 2.24) is 19.6 Å². The number of amides is 2. The van der Waals surface area contributed by atoms with Crippen LogP contribution < -0.4 is 0 Å². The van der Waals surface area contributed by atoms with Gasteiger partial charge in [0.25, 0.3) is 0 Å². The highest BCUT2D eigenvalue weighted by molar-refractivity contribution is 5.77. The van der Waals surface area contributed by atoms with Gasteiger partial charge in [-0.3, -0.25) is 9.59 Å². The third-order valence-corrected chi connectivity index (χ3v) is 10.4. The molecule has 0 aromatic rings. The fourth-order valence-corrected chi connectivity index (χ4v) is 6.95. The van der Waals surface area contributed by atoms with Crippen LogP contribution in [0.3, 0.4) is 0 Å². The lowest BCUT2D eigenvalue weighted by Gasteiger charge is -2.22. The maximum absolute atomic E-state index is 13.2. The molecule has 0 aromatic heterocycles. The molecule has 6 heteroatoms. The number of carbonyl (C=O) groups is 2. The van der Waals surface area contributed by atoms with Crippen LogP contribution in [0.5, 0.6) is 0 Å². The number of nitrogens with zero attached hydrogens (tertiary/aromatic N) is 4. The van der Waals surface area contributed by atoms with Crippen LogP contribution in [0, 0.1) is 11.8 Å². The topological polar surface area (TPSA) is 47.1 Å². The molecule has 0 heterocycles. The molecule has 306 valence electrons. The van der Waals surface area contributed by atoms with Crippen LogP contribution in [0.25, 0.3) is 0 Å². The van der Waals surface area contributed by atoms with Crippen molar-refractivity contribution in [2.24, 2.45) is 0 Å². The Bertz CT molecular complexity index is 783.